The fraction of sp³-hybridized carbons (Fsp3) is 1.00. The minimum Gasteiger partial charge on any atom is -0.396 e. The molecule has 0 saturated heterocycles. The molecule has 0 aromatic heterocycles. The average molecular weight is 144 g/mol. The maximum atomic E-state index is 8.44. The van der Waals surface area contributed by atoms with E-state index in [0.717, 1.165) is 18.9 Å². The zero-order valence-corrected chi connectivity index (χ0v) is 6.55. The minimum atomic E-state index is 0.252. The highest BCUT2D eigenvalue weighted by atomic mass is 16.5. The van der Waals surface area contributed by atoms with Gasteiger partial charge in [0, 0.05) is 13.2 Å². The maximum Gasteiger partial charge on any atom is 0.0580 e. The van der Waals surface area contributed by atoms with Crippen LogP contribution < -0.4 is 0 Å². The molecule has 0 unspecified atom stereocenters. The monoisotopic (exact) mass is 144 g/mol. The number of hydrogen-bond donors (Lipinski definition) is 1. The molecule has 2 nitrogen and oxygen atoms in total. The van der Waals surface area contributed by atoms with Gasteiger partial charge >= 0.3 is 0 Å². The van der Waals surface area contributed by atoms with E-state index in [-0.39, 0.29) is 6.61 Å². The Morgan fingerprint density at radius 1 is 1.50 bits per heavy atom. The summed E-state index contributed by atoms with van der Waals surface area (Å²) in [6, 6.07) is 0. The molecule has 1 saturated carbocycles. The van der Waals surface area contributed by atoms with Gasteiger partial charge in [-0.1, -0.05) is 6.92 Å². The first-order valence-electron chi connectivity index (χ1n) is 4.05. The van der Waals surface area contributed by atoms with E-state index in [1.165, 1.54) is 12.8 Å². The van der Waals surface area contributed by atoms with Gasteiger partial charge in [0.15, 0.2) is 0 Å². The van der Waals surface area contributed by atoms with Crippen LogP contribution >= 0.6 is 0 Å². The van der Waals surface area contributed by atoms with Crippen LogP contribution in [0.25, 0.3) is 0 Å². The Morgan fingerprint density at radius 2 is 2.20 bits per heavy atom. The van der Waals surface area contributed by atoms with Gasteiger partial charge < -0.3 is 9.84 Å². The molecule has 0 aromatic carbocycles. The van der Waals surface area contributed by atoms with Gasteiger partial charge in [0.05, 0.1) is 6.10 Å². The van der Waals surface area contributed by atoms with Crippen LogP contribution in [0.4, 0.5) is 0 Å². The van der Waals surface area contributed by atoms with E-state index in [1.54, 1.807) is 0 Å². The predicted molar refractivity (Wildman–Crippen MR) is 39.8 cm³/mol. The first-order valence-corrected chi connectivity index (χ1v) is 4.05. The van der Waals surface area contributed by atoms with Crippen molar-refractivity contribution in [2.24, 2.45) is 5.92 Å². The lowest BCUT2D eigenvalue weighted by molar-refractivity contribution is -0.0294. The largest absolute Gasteiger partial charge is 0.396 e. The third-order valence-electron chi connectivity index (χ3n) is 1.99. The third-order valence-corrected chi connectivity index (χ3v) is 1.99. The Hall–Kier alpha value is -0.0800. The van der Waals surface area contributed by atoms with E-state index in [4.69, 9.17) is 9.84 Å². The number of hydrogen-bond acceptors (Lipinski definition) is 2. The SMILES string of the molecule is CC1CC(OCCCO)C1. The second kappa shape index (κ2) is 3.94. The van der Waals surface area contributed by atoms with Gasteiger partial charge in [-0.15, -0.1) is 0 Å². The summed E-state index contributed by atoms with van der Waals surface area (Å²) < 4.78 is 5.43. The molecule has 0 amide bonds. The molecule has 1 N–H and O–H groups in total. The van der Waals surface area contributed by atoms with Crippen LogP contribution in [0.5, 0.6) is 0 Å². The molecule has 2 heteroatoms. The minimum absolute atomic E-state index is 0.252. The molecule has 1 rings (SSSR count). The topological polar surface area (TPSA) is 29.5 Å². The number of ether oxygens (including phenoxy) is 1. The third kappa shape index (κ3) is 2.27. The van der Waals surface area contributed by atoms with E-state index < -0.39 is 0 Å². The summed E-state index contributed by atoms with van der Waals surface area (Å²) in [4.78, 5) is 0. The molecule has 1 fully saturated rings. The summed E-state index contributed by atoms with van der Waals surface area (Å²) in [5, 5.41) is 8.44. The van der Waals surface area contributed by atoms with Crippen molar-refractivity contribution in [3.05, 3.63) is 0 Å². The molecule has 0 aliphatic heterocycles. The highest BCUT2D eigenvalue weighted by molar-refractivity contribution is 4.76. The van der Waals surface area contributed by atoms with Crippen molar-refractivity contribution < 1.29 is 9.84 Å². The average Bonchev–Trinajstić information content (AvgIpc) is 1.85. The van der Waals surface area contributed by atoms with Crippen LogP contribution in [0, 0.1) is 5.92 Å². The Labute approximate surface area is 62.2 Å². The molecule has 0 heterocycles. The zero-order valence-electron chi connectivity index (χ0n) is 6.55. The summed E-state index contributed by atoms with van der Waals surface area (Å²) in [6.07, 6.45) is 3.71. The normalized spacial score (nSPS) is 31.8. The maximum absolute atomic E-state index is 8.44. The first kappa shape index (κ1) is 8.02. The molecule has 10 heavy (non-hydrogen) atoms. The van der Waals surface area contributed by atoms with E-state index in [0.29, 0.717) is 6.10 Å². The van der Waals surface area contributed by atoms with Crippen LogP contribution in [0.1, 0.15) is 26.2 Å². The fourth-order valence-electron chi connectivity index (χ4n) is 1.28. The summed E-state index contributed by atoms with van der Waals surface area (Å²) in [6.45, 7) is 3.22. The lowest BCUT2D eigenvalue weighted by atomic mass is 9.84. The Morgan fingerprint density at radius 3 is 2.70 bits per heavy atom. The molecule has 1 aliphatic rings. The van der Waals surface area contributed by atoms with Gasteiger partial charge in [-0.3, -0.25) is 0 Å². The second-order valence-electron chi connectivity index (χ2n) is 3.15. The molecule has 0 aromatic rings. The Kier molecular flexibility index (Phi) is 3.16. The van der Waals surface area contributed by atoms with Gasteiger partial charge in [-0.25, -0.2) is 0 Å². The van der Waals surface area contributed by atoms with Crippen molar-refractivity contribution in [1.29, 1.82) is 0 Å². The first-order chi connectivity index (χ1) is 4.83. The molecule has 1 aliphatic carbocycles. The number of rotatable bonds is 4. The van der Waals surface area contributed by atoms with Crippen molar-refractivity contribution in [3.63, 3.8) is 0 Å². The van der Waals surface area contributed by atoms with Crippen LogP contribution in [0.3, 0.4) is 0 Å². The van der Waals surface area contributed by atoms with E-state index in [2.05, 4.69) is 6.92 Å². The van der Waals surface area contributed by atoms with Crippen LogP contribution in [-0.2, 0) is 4.74 Å². The van der Waals surface area contributed by atoms with E-state index in [1.807, 2.05) is 0 Å². The smallest absolute Gasteiger partial charge is 0.0580 e. The predicted octanol–water partition coefficient (Wildman–Crippen LogP) is 1.18. The summed E-state index contributed by atoms with van der Waals surface area (Å²) >= 11 is 0. The molecular formula is C8H16O2. The summed E-state index contributed by atoms with van der Waals surface area (Å²) in [5.74, 6) is 0.860. The summed E-state index contributed by atoms with van der Waals surface area (Å²) in [7, 11) is 0. The van der Waals surface area contributed by atoms with Crippen molar-refractivity contribution in [1.82, 2.24) is 0 Å². The van der Waals surface area contributed by atoms with Crippen LogP contribution in [-0.4, -0.2) is 24.4 Å². The molecular weight excluding hydrogens is 128 g/mol. The van der Waals surface area contributed by atoms with Gasteiger partial charge in [-0.05, 0) is 25.2 Å². The van der Waals surface area contributed by atoms with Gasteiger partial charge in [0.25, 0.3) is 0 Å². The van der Waals surface area contributed by atoms with E-state index >= 15 is 0 Å². The molecule has 0 radical (unpaired) electrons. The zero-order chi connectivity index (χ0) is 7.40. The van der Waals surface area contributed by atoms with Crippen LogP contribution in [0.2, 0.25) is 0 Å². The van der Waals surface area contributed by atoms with Gasteiger partial charge in [0.1, 0.15) is 0 Å². The number of aliphatic hydroxyl groups excluding tert-OH is 1. The van der Waals surface area contributed by atoms with Crippen molar-refractivity contribution >= 4 is 0 Å². The van der Waals surface area contributed by atoms with Gasteiger partial charge in [0.2, 0.25) is 0 Å². The standard InChI is InChI=1S/C8H16O2/c1-7-5-8(6-7)10-4-2-3-9/h7-9H,2-6H2,1H3. The van der Waals surface area contributed by atoms with Crippen LogP contribution in [0.15, 0.2) is 0 Å². The van der Waals surface area contributed by atoms with Crippen molar-refractivity contribution in [3.8, 4) is 0 Å². The lowest BCUT2D eigenvalue weighted by Crippen LogP contribution is -2.29. The van der Waals surface area contributed by atoms with E-state index in [9.17, 15) is 0 Å². The molecule has 0 bridgehead atoms. The molecule has 0 spiro atoms. The quantitative estimate of drug-likeness (QED) is 0.600. The molecule has 0 atom stereocenters. The molecule has 60 valence electrons. The summed E-state index contributed by atoms with van der Waals surface area (Å²) in [5.41, 5.74) is 0. The second-order valence-corrected chi connectivity index (χ2v) is 3.15. The van der Waals surface area contributed by atoms with Crippen molar-refractivity contribution in [2.75, 3.05) is 13.2 Å². The fourth-order valence-corrected chi connectivity index (χ4v) is 1.28. The Balaban J connectivity index is 1.86. The van der Waals surface area contributed by atoms with Gasteiger partial charge in [-0.2, -0.15) is 0 Å². The van der Waals surface area contributed by atoms with Crippen molar-refractivity contribution in [2.45, 2.75) is 32.3 Å². The Bertz CT molecular complexity index is 87.3. The number of aliphatic hydroxyl groups is 1. The highest BCUT2D eigenvalue weighted by Crippen LogP contribution is 2.28. The highest BCUT2D eigenvalue weighted by Gasteiger charge is 2.25. The lowest BCUT2D eigenvalue weighted by Gasteiger charge is -2.32.